The summed E-state index contributed by atoms with van der Waals surface area (Å²) in [5.74, 6) is 2.61. The van der Waals surface area contributed by atoms with Crippen LogP contribution < -0.4 is 4.74 Å². The number of likely N-dealkylation sites (tertiary alicyclic amines) is 1. The molecule has 4 nitrogen and oxygen atoms in total. The molecule has 1 fully saturated rings. The summed E-state index contributed by atoms with van der Waals surface area (Å²) >= 11 is 13.0. The minimum Gasteiger partial charge on any atom is -0.497 e. The Morgan fingerprint density at radius 1 is 1.12 bits per heavy atom. The van der Waals surface area contributed by atoms with Crippen molar-refractivity contribution in [1.29, 1.82) is 0 Å². The maximum absolute atomic E-state index is 6.50. The molecule has 0 radical (unpaired) electrons. The summed E-state index contributed by atoms with van der Waals surface area (Å²) in [6, 6.07) is 11.9. The molecule has 0 amide bonds. The number of hydrogen-bond donors (Lipinski definition) is 0. The van der Waals surface area contributed by atoms with E-state index in [0.717, 1.165) is 60.8 Å². The smallest absolute Gasteiger partial charge is 0.144 e. The van der Waals surface area contributed by atoms with Crippen LogP contribution in [0.1, 0.15) is 61.0 Å². The first-order valence-corrected chi connectivity index (χ1v) is 11.9. The van der Waals surface area contributed by atoms with Crippen LogP contribution in [-0.4, -0.2) is 30.3 Å². The van der Waals surface area contributed by atoms with Gasteiger partial charge in [0, 0.05) is 23.6 Å². The van der Waals surface area contributed by atoms with E-state index in [1.807, 2.05) is 24.3 Å². The molecule has 0 atom stereocenters. The van der Waals surface area contributed by atoms with E-state index in [0.29, 0.717) is 16.0 Å². The molecule has 4 rings (SSSR count). The zero-order valence-corrected chi connectivity index (χ0v) is 20.6. The third-order valence-electron chi connectivity index (χ3n) is 6.44. The molecule has 170 valence electrons. The van der Waals surface area contributed by atoms with Gasteiger partial charge < -0.3 is 9.26 Å². The van der Waals surface area contributed by atoms with Gasteiger partial charge in [0.05, 0.1) is 17.2 Å². The van der Waals surface area contributed by atoms with Crippen molar-refractivity contribution in [1.82, 2.24) is 10.1 Å². The molecule has 1 aliphatic rings. The van der Waals surface area contributed by atoms with Crippen molar-refractivity contribution in [3.63, 3.8) is 0 Å². The van der Waals surface area contributed by atoms with Crippen LogP contribution >= 0.6 is 23.2 Å². The lowest BCUT2D eigenvalue weighted by atomic mass is 9.86. The fourth-order valence-corrected chi connectivity index (χ4v) is 5.24. The van der Waals surface area contributed by atoms with Gasteiger partial charge >= 0.3 is 0 Å². The number of hydrogen-bond acceptors (Lipinski definition) is 4. The second kappa shape index (κ2) is 9.86. The average Bonchev–Trinajstić information content (AvgIpc) is 3.18. The molecule has 0 spiro atoms. The van der Waals surface area contributed by atoms with Gasteiger partial charge in [-0.1, -0.05) is 54.3 Å². The number of aromatic nitrogens is 1. The number of aryl methyl sites for hydroxylation is 1. The molecule has 0 unspecified atom stereocenters. The minimum atomic E-state index is 0.226. The highest BCUT2D eigenvalue weighted by Crippen LogP contribution is 2.40. The fourth-order valence-electron chi connectivity index (χ4n) is 4.66. The van der Waals surface area contributed by atoms with Crippen molar-refractivity contribution >= 4 is 23.2 Å². The van der Waals surface area contributed by atoms with Crippen molar-refractivity contribution in [3.05, 3.63) is 68.9 Å². The quantitative estimate of drug-likeness (QED) is 0.372. The third-order valence-corrected chi connectivity index (χ3v) is 7.07. The lowest BCUT2D eigenvalue weighted by molar-refractivity contribution is 0.203. The van der Waals surface area contributed by atoms with Gasteiger partial charge in [0.2, 0.25) is 0 Å². The highest BCUT2D eigenvalue weighted by Gasteiger charge is 2.28. The summed E-state index contributed by atoms with van der Waals surface area (Å²) in [7, 11) is 1.73. The molecule has 1 saturated heterocycles. The molecule has 32 heavy (non-hydrogen) atoms. The summed E-state index contributed by atoms with van der Waals surface area (Å²) in [4.78, 5) is 2.48. The van der Waals surface area contributed by atoms with E-state index in [2.05, 4.69) is 43.0 Å². The van der Waals surface area contributed by atoms with Gasteiger partial charge in [-0.2, -0.15) is 0 Å². The van der Waals surface area contributed by atoms with Crippen molar-refractivity contribution < 1.29 is 9.26 Å². The first kappa shape index (κ1) is 23.2. The predicted octanol–water partition coefficient (Wildman–Crippen LogP) is 7.47. The molecule has 1 aliphatic heterocycles. The normalized spacial score (nSPS) is 15.5. The van der Waals surface area contributed by atoms with Crippen molar-refractivity contribution in [3.8, 4) is 17.0 Å². The molecular formula is C26H30Cl2N2O2. The summed E-state index contributed by atoms with van der Waals surface area (Å²) in [5.41, 5.74) is 5.34. The van der Waals surface area contributed by atoms with Gasteiger partial charge in [0.25, 0.3) is 0 Å². The highest BCUT2D eigenvalue weighted by atomic mass is 35.5. The lowest BCUT2D eigenvalue weighted by Crippen LogP contribution is -2.33. The summed E-state index contributed by atoms with van der Waals surface area (Å²) in [6.45, 7) is 9.24. The number of rotatable bonds is 6. The van der Waals surface area contributed by atoms with E-state index in [9.17, 15) is 0 Å². The van der Waals surface area contributed by atoms with Crippen LogP contribution in [0.5, 0.6) is 5.75 Å². The van der Waals surface area contributed by atoms with E-state index in [-0.39, 0.29) is 5.92 Å². The van der Waals surface area contributed by atoms with Crippen LogP contribution in [0, 0.1) is 6.92 Å². The molecule has 6 heteroatoms. The van der Waals surface area contributed by atoms with E-state index >= 15 is 0 Å². The Bertz CT molecular complexity index is 1070. The van der Waals surface area contributed by atoms with Crippen LogP contribution in [0.2, 0.25) is 10.0 Å². The van der Waals surface area contributed by atoms with Crippen LogP contribution in [-0.2, 0) is 6.54 Å². The molecule has 3 aromatic rings. The zero-order valence-electron chi connectivity index (χ0n) is 19.1. The number of halogens is 2. The largest absolute Gasteiger partial charge is 0.497 e. The van der Waals surface area contributed by atoms with E-state index in [1.165, 1.54) is 11.1 Å². The van der Waals surface area contributed by atoms with E-state index in [1.54, 1.807) is 7.11 Å². The van der Waals surface area contributed by atoms with Crippen LogP contribution in [0.25, 0.3) is 11.3 Å². The van der Waals surface area contributed by atoms with Crippen molar-refractivity contribution in [2.24, 2.45) is 0 Å². The maximum Gasteiger partial charge on any atom is 0.144 e. The van der Waals surface area contributed by atoms with Crippen molar-refractivity contribution in [2.75, 3.05) is 20.2 Å². The number of ether oxygens (including phenoxy) is 1. The number of piperidine rings is 1. The number of nitrogens with zero attached hydrogens (tertiary/aromatic N) is 2. The maximum atomic E-state index is 6.50. The molecule has 2 aromatic carbocycles. The second-order valence-corrected chi connectivity index (χ2v) is 9.71. The van der Waals surface area contributed by atoms with Gasteiger partial charge in [0.15, 0.2) is 0 Å². The standard InChI is InChI=1S/C26H30Cl2N2O2/c1-16(2)26-21(25(29-32-26)24-22(27)6-5-7-23(24)28)15-30-12-10-18(11-13-30)20-14-19(31-4)9-8-17(20)3/h5-9,14,16,18H,10-13,15H2,1-4H3. The number of methoxy groups -OCH3 is 1. The average molecular weight is 473 g/mol. The topological polar surface area (TPSA) is 38.5 Å². The van der Waals surface area contributed by atoms with E-state index < -0.39 is 0 Å². The summed E-state index contributed by atoms with van der Waals surface area (Å²) in [5, 5.41) is 5.59. The second-order valence-electron chi connectivity index (χ2n) is 8.90. The van der Waals surface area contributed by atoms with Gasteiger partial charge in [0.1, 0.15) is 17.2 Å². The zero-order chi connectivity index (χ0) is 22.8. The Morgan fingerprint density at radius 3 is 2.44 bits per heavy atom. The van der Waals surface area contributed by atoms with Gasteiger partial charge in [-0.25, -0.2) is 0 Å². The van der Waals surface area contributed by atoms with E-state index in [4.69, 9.17) is 32.5 Å². The SMILES string of the molecule is COc1ccc(C)c(C2CCN(Cc3c(-c4c(Cl)cccc4Cl)noc3C(C)C)CC2)c1. The molecule has 0 N–H and O–H groups in total. The Balaban J connectivity index is 1.55. The summed E-state index contributed by atoms with van der Waals surface area (Å²) in [6.07, 6.45) is 2.22. The Kier molecular flexibility index (Phi) is 7.14. The molecular weight excluding hydrogens is 443 g/mol. The molecule has 0 bridgehead atoms. The Morgan fingerprint density at radius 2 is 1.81 bits per heavy atom. The lowest BCUT2D eigenvalue weighted by Gasteiger charge is -2.33. The van der Waals surface area contributed by atoms with Crippen LogP contribution in [0.3, 0.4) is 0 Å². The summed E-state index contributed by atoms with van der Waals surface area (Å²) < 4.78 is 11.2. The first-order valence-electron chi connectivity index (χ1n) is 11.2. The van der Waals surface area contributed by atoms with Crippen LogP contribution in [0.15, 0.2) is 40.9 Å². The Hall–Kier alpha value is -2.01. The molecule has 1 aromatic heterocycles. The predicted molar refractivity (Wildman–Crippen MR) is 131 cm³/mol. The number of benzene rings is 2. The molecule has 0 aliphatic carbocycles. The van der Waals surface area contributed by atoms with Crippen LogP contribution in [0.4, 0.5) is 0 Å². The molecule has 0 saturated carbocycles. The highest BCUT2D eigenvalue weighted by molar-refractivity contribution is 6.39. The van der Waals surface area contributed by atoms with Crippen molar-refractivity contribution in [2.45, 2.75) is 52.0 Å². The monoisotopic (exact) mass is 472 g/mol. The van der Waals surface area contributed by atoms with Gasteiger partial charge in [-0.05, 0) is 74.2 Å². The third kappa shape index (κ3) is 4.68. The fraction of sp³-hybridized carbons (Fsp3) is 0.423. The van der Waals surface area contributed by atoms with Gasteiger partial charge in [-0.15, -0.1) is 0 Å². The molecule has 2 heterocycles. The first-order chi connectivity index (χ1) is 15.4. The van der Waals surface area contributed by atoms with Gasteiger partial charge in [-0.3, -0.25) is 4.90 Å². The Labute approximate surface area is 200 Å². The minimum absolute atomic E-state index is 0.226.